The monoisotopic (exact) mass is 420 g/mol. The van der Waals surface area contributed by atoms with Gasteiger partial charge in [-0.2, -0.15) is 0 Å². The van der Waals surface area contributed by atoms with Gasteiger partial charge in [0.05, 0.1) is 0 Å². The number of hydrogen-bond acceptors (Lipinski definition) is 4. The van der Waals surface area contributed by atoms with Crippen LogP contribution in [0.3, 0.4) is 0 Å². The van der Waals surface area contributed by atoms with Gasteiger partial charge in [-0.05, 0) is 68.0 Å². The molecule has 0 bridgehead atoms. The van der Waals surface area contributed by atoms with Crippen LogP contribution in [0.1, 0.15) is 53.1 Å². The number of rotatable bonds is 6. The molecule has 6 heteroatoms. The lowest BCUT2D eigenvalue weighted by molar-refractivity contribution is -0.121. The lowest BCUT2D eigenvalue weighted by Gasteiger charge is -2.40. The second-order valence-corrected chi connectivity index (χ2v) is 9.15. The van der Waals surface area contributed by atoms with Crippen molar-refractivity contribution >= 4 is 11.8 Å². The molecule has 2 aliphatic rings. The van der Waals surface area contributed by atoms with Crippen molar-refractivity contribution < 1.29 is 9.59 Å². The maximum absolute atomic E-state index is 12.8. The molecule has 1 aliphatic carbocycles. The lowest BCUT2D eigenvalue weighted by Crippen LogP contribution is -2.44. The molecule has 1 aromatic heterocycles. The smallest absolute Gasteiger partial charge is 0.253 e. The van der Waals surface area contributed by atoms with Crippen LogP contribution in [-0.2, 0) is 10.2 Å². The summed E-state index contributed by atoms with van der Waals surface area (Å²) in [6, 6.07) is 12.2. The van der Waals surface area contributed by atoms with Crippen molar-refractivity contribution in [3.8, 4) is 0 Å². The third-order valence-corrected chi connectivity index (χ3v) is 6.86. The van der Waals surface area contributed by atoms with Gasteiger partial charge in [0.25, 0.3) is 5.91 Å². The number of nitrogens with zero attached hydrogens (tertiary/aromatic N) is 3. The molecule has 1 fully saturated rings. The highest BCUT2D eigenvalue weighted by Crippen LogP contribution is 2.52. The third-order valence-electron chi connectivity index (χ3n) is 6.86. The SMILES string of the molecule is CN(C)CCNC(=O)C[C@@H]1CC2(CCN(C(=O)c3ccncc3)CC2)c2ccccc21. The van der Waals surface area contributed by atoms with Crippen molar-refractivity contribution in [1.29, 1.82) is 0 Å². The minimum atomic E-state index is 0.0696. The predicted molar refractivity (Wildman–Crippen MR) is 121 cm³/mol. The second kappa shape index (κ2) is 9.18. The highest BCUT2D eigenvalue weighted by atomic mass is 16.2. The van der Waals surface area contributed by atoms with Gasteiger partial charge in [0, 0.05) is 50.6 Å². The molecule has 1 aromatic carbocycles. The van der Waals surface area contributed by atoms with Crippen LogP contribution < -0.4 is 5.32 Å². The van der Waals surface area contributed by atoms with Gasteiger partial charge >= 0.3 is 0 Å². The Hall–Kier alpha value is -2.73. The Morgan fingerprint density at radius 1 is 1.13 bits per heavy atom. The van der Waals surface area contributed by atoms with E-state index in [4.69, 9.17) is 0 Å². The van der Waals surface area contributed by atoms with E-state index in [1.807, 2.05) is 19.0 Å². The molecule has 2 amide bonds. The number of carbonyl (C=O) groups is 2. The number of nitrogens with one attached hydrogen (secondary N) is 1. The van der Waals surface area contributed by atoms with Crippen LogP contribution in [0.25, 0.3) is 0 Å². The molecular weight excluding hydrogens is 388 g/mol. The summed E-state index contributed by atoms with van der Waals surface area (Å²) in [5.74, 6) is 0.461. The van der Waals surface area contributed by atoms with E-state index in [0.29, 0.717) is 18.5 Å². The maximum Gasteiger partial charge on any atom is 0.253 e. The van der Waals surface area contributed by atoms with E-state index in [0.717, 1.165) is 38.9 Å². The number of pyridine rings is 1. The standard InChI is InChI=1S/C25H32N4O2/c1-28(2)16-13-27-23(30)17-20-18-25(22-6-4-3-5-21(20)22)9-14-29(15-10-25)24(31)19-7-11-26-12-8-19/h3-8,11-12,20H,9-10,13-18H2,1-2H3,(H,27,30)/t20-/m1/s1. The Bertz CT molecular complexity index is 920. The number of likely N-dealkylation sites (N-methyl/N-ethyl adjacent to an activating group) is 1. The topological polar surface area (TPSA) is 65.5 Å². The molecular formula is C25H32N4O2. The van der Waals surface area contributed by atoms with Gasteiger partial charge in [0.2, 0.25) is 5.91 Å². The first-order valence-electron chi connectivity index (χ1n) is 11.2. The highest BCUT2D eigenvalue weighted by Gasteiger charge is 2.46. The van der Waals surface area contributed by atoms with Crippen molar-refractivity contribution in [3.63, 3.8) is 0 Å². The summed E-state index contributed by atoms with van der Waals surface area (Å²) in [4.78, 5) is 33.5. The quantitative estimate of drug-likeness (QED) is 0.781. The fourth-order valence-corrected chi connectivity index (χ4v) is 5.21. The molecule has 0 saturated carbocycles. The van der Waals surface area contributed by atoms with Gasteiger partial charge in [-0.3, -0.25) is 14.6 Å². The minimum Gasteiger partial charge on any atom is -0.355 e. The lowest BCUT2D eigenvalue weighted by atomic mass is 9.73. The van der Waals surface area contributed by atoms with Crippen molar-refractivity contribution in [2.24, 2.45) is 0 Å². The molecule has 1 N–H and O–H groups in total. The number of fused-ring (bicyclic) bond motifs is 2. The molecule has 6 nitrogen and oxygen atoms in total. The maximum atomic E-state index is 12.8. The normalized spacial score (nSPS) is 19.5. The van der Waals surface area contributed by atoms with Gasteiger partial charge in [-0.15, -0.1) is 0 Å². The molecule has 4 rings (SSSR count). The summed E-state index contributed by atoms with van der Waals surface area (Å²) < 4.78 is 0. The van der Waals surface area contributed by atoms with Crippen LogP contribution in [0.15, 0.2) is 48.8 Å². The van der Waals surface area contributed by atoms with E-state index in [9.17, 15) is 9.59 Å². The first-order chi connectivity index (χ1) is 15.0. The van der Waals surface area contributed by atoms with Crippen LogP contribution >= 0.6 is 0 Å². The molecule has 31 heavy (non-hydrogen) atoms. The zero-order valence-corrected chi connectivity index (χ0v) is 18.5. The van der Waals surface area contributed by atoms with Gasteiger partial charge in [-0.1, -0.05) is 24.3 Å². The average molecular weight is 421 g/mol. The van der Waals surface area contributed by atoms with Crippen molar-refractivity contribution in [1.82, 2.24) is 20.1 Å². The number of likely N-dealkylation sites (tertiary alicyclic amines) is 1. The first kappa shape index (κ1) is 21.5. The molecule has 1 saturated heterocycles. The zero-order valence-electron chi connectivity index (χ0n) is 18.5. The Morgan fingerprint density at radius 2 is 1.84 bits per heavy atom. The molecule has 1 aliphatic heterocycles. The van der Waals surface area contributed by atoms with Gasteiger partial charge in [-0.25, -0.2) is 0 Å². The Kier molecular flexibility index (Phi) is 6.37. The number of piperidine rings is 1. The minimum absolute atomic E-state index is 0.0696. The summed E-state index contributed by atoms with van der Waals surface area (Å²) in [5.41, 5.74) is 3.47. The predicted octanol–water partition coefficient (Wildman–Crippen LogP) is 2.81. The molecule has 0 radical (unpaired) electrons. The largest absolute Gasteiger partial charge is 0.355 e. The Balaban J connectivity index is 1.43. The summed E-state index contributed by atoms with van der Waals surface area (Å²) in [6.07, 6.45) is 6.75. The van der Waals surface area contributed by atoms with Crippen LogP contribution in [0.5, 0.6) is 0 Å². The first-order valence-corrected chi connectivity index (χ1v) is 11.2. The molecule has 1 spiro atoms. The average Bonchev–Trinajstić information content (AvgIpc) is 3.07. The molecule has 1 atom stereocenters. The summed E-state index contributed by atoms with van der Waals surface area (Å²) >= 11 is 0. The van der Waals surface area contributed by atoms with Gasteiger partial charge in [0.15, 0.2) is 0 Å². The van der Waals surface area contributed by atoms with E-state index in [-0.39, 0.29) is 23.1 Å². The van der Waals surface area contributed by atoms with Gasteiger partial charge in [0.1, 0.15) is 0 Å². The van der Waals surface area contributed by atoms with Crippen LogP contribution in [0.4, 0.5) is 0 Å². The van der Waals surface area contributed by atoms with Crippen molar-refractivity contribution in [3.05, 3.63) is 65.5 Å². The molecule has 0 unspecified atom stereocenters. The Labute approximate surface area is 184 Å². The fraction of sp³-hybridized carbons (Fsp3) is 0.480. The summed E-state index contributed by atoms with van der Waals surface area (Å²) in [5, 5.41) is 3.06. The van der Waals surface area contributed by atoms with Gasteiger partial charge < -0.3 is 15.1 Å². The highest BCUT2D eigenvalue weighted by molar-refractivity contribution is 5.94. The van der Waals surface area contributed by atoms with E-state index >= 15 is 0 Å². The number of benzene rings is 1. The summed E-state index contributed by atoms with van der Waals surface area (Å²) in [7, 11) is 4.02. The third kappa shape index (κ3) is 4.64. The van der Waals surface area contributed by atoms with E-state index in [1.165, 1.54) is 11.1 Å². The molecule has 164 valence electrons. The number of carbonyl (C=O) groups excluding carboxylic acids is 2. The number of amides is 2. The number of hydrogen-bond donors (Lipinski definition) is 1. The number of aromatic nitrogens is 1. The fourth-order valence-electron chi connectivity index (χ4n) is 5.21. The summed E-state index contributed by atoms with van der Waals surface area (Å²) in [6.45, 7) is 3.02. The van der Waals surface area contributed by atoms with Crippen LogP contribution in [-0.4, -0.2) is 66.9 Å². The second-order valence-electron chi connectivity index (χ2n) is 9.15. The molecule has 2 heterocycles. The van der Waals surface area contributed by atoms with E-state index in [1.54, 1.807) is 24.5 Å². The van der Waals surface area contributed by atoms with E-state index < -0.39 is 0 Å². The van der Waals surface area contributed by atoms with Crippen molar-refractivity contribution in [2.75, 3.05) is 40.3 Å². The van der Waals surface area contributed by atoms with Crippen molar-refractivity contribution in [2.45, 2.75) is 37.0 Å². The van der Waals surface area contributed by atoms with Crippen LogP contribution in [0.2, 0.25) is 0 Å². The van der Waals surface area contributed by atoms with Crippen LogP contribution in [0, 0.1) is 0 Å². The zero-order chi connectivity index (χ0) is 21.8. The van der Waals surface area contributed by atoms with E-state index in [2.05, 4.69) is 39.5 Å². The Morgan fingerprint density at radius 3 is 2.55 bits per heavy atom. The molecule has 2 aromatic rings.